The van der Waals surface area contributed by atoms with Gasteiger partial charge in [0.15, 0.2) is 0 Å². The minimum absolute atomic E-state index is 0.0265. The normalized spacial score (nSPS) is 14.2. The van der Waals surface area contributed by atoms with Crippen LogP contribution >= 0.6 is 0 Å². The number of H-pyrrole nitrogens is 1. The smallest absolute Gasteiger partial charge is 0.259 e. The topological polar surface area (TPSA) is 109 Å². The van der Waals surface area contributed by atoms with E-state index >= 15 is 0 Å². The zero-order chi connectivity index (χ0) is 20.5. The quantitative estimate of drug-likeness (QED) is 0.534. The van der Waals surface area contributed by atoms with Crippen LogP contribution in [0.2, 0.25) is 0 Å². The zero-order valence-electron chi connectivity index (χ0n) is 16.1. The second kappa shape index (κ2) is 7.53. The summed E-state index contributed by atoms with van der Waals surface area (Å²) in [4.78, 5) is 33.8. The number of aromatic nitrogens is 5. The summed E-state index contributed by atoms with van der Waals surface area (Å²) in [6.45, 7) is 3.05. The van der Waals surface area contributed by atoms with Gasteiger partial charge in [-0.1, -0.05) is 5.21 Å². The van der Waals surface area contributed by atoms with E-state index in [2.05, 4.69) is 25.6 Å². The number of pyridine rings is 2. The van der Waals surface area contributed by atoms with E-state index in [1.54, 1.807) is 35.3 Å². The molecule has 1 aliphatic rings. The maximum Gasteiger partial charge on any atom is 0.259 e. The van der Waals surface area contributed by atoms with E-state index < -0.39 is 0 Å². The third kappa shape index (κ3) is 3.35. The summed E-state index contributed by atoms with van der Waals surface area (Å²) in [5, 5.41) is 12.4. The Morgan fingerprint density at radius 2 is 1.87 bits per heavy atom. The van der Waals surface area contributed by atoms with Gasteiger partial charge in [-0.15, -0.1) is 5.10 Å². The highest BCUT2D eigenvalue weighted by molar-refractivity contribution is 5.94. The molecule has 4 heterocycles. The number of rotatable bonds is 3. The average molecular weight is 401 g/mol. The molecule has 0 spiro atoms. The molecule has 2 N–H and O–H groups in total. The fourth-order valence-corrected chi connectivity index (χ4v) is 3.55. The first-order valence-corrected chi connectivity index (χ1v) is 9.70. The Hall–Kier alpha value is -3.85. The number of piperazine rings is 1. The van der Waals surface area contributed by atoms with Crippen LogP contribution < -0.4 is 10.9 Å². The van der Waals surface area contributed by atoms with E-state index in [9.17, 15) is 9.59 Å². The van der Waals surface area contributed by atoms with Gasteiger partial charge >= 0.3 is 0 Å². The standard InChI is InChI=1S/C21H19N7O2/c29-20-17(12-15-2-1-7-23-19(15)24-20)18-13-28(26-25-18)16-5-3-14(4-6-16)21(30)27-10-8-22-9-11-27/h1-7,12-13,22H,8-11H2,(H,23,24,29). The summed E-state index contributed by atoms with van der Waals surface area (Å²) >= 11 is 0. The van der Waals surface area contributed by atoms with Gasteiger partial charge in [-0.2, -0.15) is 0 Å². The van der Waals surface area contributed by atoms with Gasteiger partial charge < -0.3 is 15.2 Å². The molecular formula is C21H19N7O2. The third-order valence-electron chi connectivity index (χ3n) is 5.17. The molecule has 5 rings (SSSR count). The predicted molar refractivity (Wildman–Crippen MR) is 111 cm³/mol. The van der Waals surface area contributed by atoms with Crippen molar-refractivity contribution in [2.24, 2.45) is 0 Å². The summed E-state index contributed by atoms with van der Waals surface area (Å²) in [6, 6.07) is 12.7. The van der Waals surface area contributed by atoms with E-state index in [-0.39, 0.29) is 11.5 Å². The molecule has 4 aromatic rings. The molecule has 1 aliphatic heterocycles. The van der Waals surface area contributed by atoms with Gasteiger partial charge in [0.2, 0.25) is 0 Å². The lowest BCUT2D eigenvalue weighted by Crippen LogP contribution is -2.46. The van der Waals surface area contributed by atoms with Crippen LogP contribution in [-0.4, -0.2) is 61.9 Å². The van der Waals surface area contributed by atoms with Crippen LogP contribution in [0.3, 0.4) is 0 Å². The monoisotopic (exact) mass is 401 g/mol. The van der Waals surface area contributed by atoms with Crippen molar-refractivity contribution >= 4 is 16.9 Å². The maximum absolute atomic E-state index is 12.6. The lowest BCUT2D eigenvalue weighted by molar-refractivity contribution is 0.0736. The highest BCUT2D eigenvalue weighted by Gasteiger charge is 2.18. The van der Waals surface area contributed by atoms with Crippen molar-refractivity contribution in [3.05, 3.63) is 70.8 Å². The minimum atomic E-state index is -0.273. The van der Waals surface area contributed by atoms with Crippen LogP contribution in [-0.2, 0) is 0 Å². The number of amides is 1. The molecule has 1 aromatic carbocycles. The first kappa shape index (κ1) is 18.2. The molecule has 30 heavy (non-hydrogen) atoms. The third-order valence-corrected chi connectivity index (χ3v) is 5.17. The van der Waals surface area contributed by atoms with Crippen LogP contribution in [0.5, 0.6) is 0 Å². The Morgan fingerprint density at radius 3 is 2.67 bits per heavy atom. The van der Waals surface area contributed by atoms with Gasteiger partial charge in [-0.25, -0.2) is 9.67 Å². The molecule has 3 aromatic heterocycles. The minimum Gasteiger partial charge on any atom is -0.336 e. The van der Waals surface area contributed by atoms with Crippen LogP contribution in [0, 0.1) is 0 Å². The van der Waals surface area contributed by atoms with Crippen LogP contribution in [0.4, 0.5) is 0 Å². The highest BCUT2D eigenvalue weighted by atomic mass is 16.2. The second-order valence-electron chi connectivity index (χ2n) is 7.09. The van der Waals surface area contributed by atoms with Crippen molar-refractivity contribution in [2.75, 3.05) is 26.2 Å². The summed E-state index contributed by atoms with van der Waals surface area (Å²) in [5.74, 6) is 0.0265. The molecule has 0 aliphatic carbocycles. The second-order valence-corrected chi connectivity index (χ2v) is 7.09. The number of aromatic amines is 1. The number of hydrogen-bond acceptors (Lipinski definition) is 6. The largest absolute Gasteiger partial charge is 0.336 e. The van der Waals surface area contributed by atoms with Crippen molar-refractivity contribution in [2.45, 2.75) is 0 Å². The van der Waals surface area contributed by atoms with E-state index in [1.165, 1.54) is 0 Å². The molecule has 1 amide bonds. The molecule has 0 saturated carbocycles. The van der Waals surface area contributed by atoms with Gasteiger partial charge in [0.05, 0.1) is 17.4 Å². The molecule has 0 atom stereocenters. The summed E-state index contributed by atoms with van der Waals surface area (Å²) in [5.41, 5.74) is 2.53. The molecular weight excluding hydrogens is 382 g/mol. The number of hydrogen-bond donors (Lipinski definition) is 2. The number of nitrogens with zero attached hydrogens (tertiary/aromatic N) is 5. The van der Waals surface area contributed by atoms with Crippen molar-refractivity contribution in [1.29, 1.82) is 0 Å². The SMILES string of the molecule is O=C(c1ccc(-n2cc(-c3cc4cccnc4[nH]c3=O)nn2)cc1)N1CCNCC1. The fraction of sp³-hybridized carbons (Fsp3) is 0.190. The number of fused-ring (bicyclic) bond motifs is 1. The maximum atomic E-state index is 12.6. The van der Waals surface area contributed by atoms with E-state index in [4.69, 9.17) is 0 Å². The van der Waals surface area contributed by atoms with Crippen LogP contribution in [0.25, 0.3) is 28.0 Å². The summed E-state index contributed by atoms with van der Waals surface area (Å²) in [7, 11) is 0. The van der Waals surface area contributed by atoms with Gasteiger partial charge in [-0.05, 0) is 42.5 Å². The number of carbonyl (C=O) groups is 1. The molecule has 1 fully saturated rings. The van der Waals surface area contributed by atoms with Gasteiger partial charge in [0.25, 0.3) is 11.5 Å². The summed E-state index contributed by atoms with van der Waals surface area (Å²) in [6.07, 6.45) is 3.32. The Kier molecular flexibility index (Phi) is 4.56. The molecule has 150 valence electrons. The van der Waals surface area contributed by atoms with Gasteiger partial charge in [0.1, 0.15) is 11.3 Å². The van der Waals surface area contributed by atoms with Gasteiger partial charge in [-0.3, -0.25) is 9.59 Å². The first-order chi connectivity index (χ1) is 14.7. The zero-order valence-corrected chi connectivity index (χ0v) is 16.1. The fourth-order valence-electron chi connectivity index (χ4n) is 3.55. The number of benzene rings is 1. The highest BCUT2D eigenvalue weighted by Crippen LogP contribution is 2.18. The average Bonchev–Trinajstić information content (AvgIpc) is 3.29. The molecule has 9 nitrogen and oxygen atoms in total. The van der Waals surface area contributed by atoms with Crippen LogP contribution in [0.1, 0.15) is 10.4 Å². The summed E-state index contributed by atoms with van der Waals surface area (Å²) < 4.78 is 1.58. The Labute approximate surface area is 171 Å². The first-order valence-electron chi connectivity index (χ1n) is 9.70. The predicted octanol–water partition coefficient (Wildman–Crippen LogP) is 1.22. The Balaban J connectivity index is 1.41. The van der Waals surface area contributed by atoms with Crippen LogP contribution in [0.15, 0.2) is 59.7 Å². The molecule has 0 radical (unpaired) electrons. The number of carbonyl (C=O) groups excluding carboxylic acids is 1. The lowest BCUT2D eigenvalue weighted by atomic mass is 10.1. The van der Waals surface area contributed by atoms with E-state index in [1.807, 2.05) is 29.2 Å². The van der Waals surface area contributed by atoms with Crippen molar-refractivity contribution in [1.82, 2.24) is 35.2 Å². The molecule has 0 unspecified atom stereocenters. The van der Waals surface area contributed by atoms with E-state index in [0.29, 0.717) is 35.6 Å². The Bertz CT molecular complexity index is 1270. The lowest BCUT2D eigenvalue weighted by Gasteiger charge is -2.27. The van der Waals surface area contributed by atoms with Crippen molar-refractivity contribution in [3.63, 3.8) is 0 Å². The Morgan fingerprint density at radius 1 is 1.07 bits per heavy atom. The molecule has 1 saturated heterocycles. The van der Waals surface area contributed by atoms with Crippen molar-refractivity contribution in [3.8, 4) is 16.9 Å². The molecule has 9 heteroatoms. The van der Waals surface area contributed by atoms with Gasteiger partial charge in [0, 0.05) is 43.3 Å². The van der Waals surface area contributed by atoms with Crippen molar-refractivity contribution < 1.29 is 4.79 Å². The molecule has 0 bridgehead atoms. The number of nitrogens with one attached hydrogen (secondary N) is 2. The van der Waals surface area contributed by atoms with E-state index in [0.717, 1.165) is 24.2 Å².